The summed E-state index contributed by atoms with van der Waals surface area (Å²) in [5, 5.41) is 1.28. The summed E-state index contributed by atoms with van der Waals surface area (Å²) < 4.78 is 6.94. The molecule has 1 saturated heterocycles. The lowest BCUT2D eigenvalue weighted by atomic mass is 9.97. The Morgan fingerprint density at radius 3 is 2.59 bits per heavy atom. The Hall–Kier alpha value is -1.92. The fourth-order valence-electron chi connectivity index (χ4n) is 4.90. The predicted molar refractivity (Wildman–Crippen MR) is 131 cm³/mol. The Bertz CT molecular complexity index is 1030. The molecule has 1 aromatic heterocycles. The Morgan fingerprint density at radius 2 is 1.91 bits per heavy atom. The van der Waals surface area contributed by atoms with Crippen molar-refractivity contribution in [1.29, 1.82) is 0 Å². The van der Waals surface area contributed by atoms with E-state index >= 15 is 0 Å². The van der Waals surface area contributed by atoms with Crippen molar-refractivity contribution in [1.82, 2.24) is 14.8 Å². The topological polar surface area (TPSA) is 45.7 Å². The third kappa shape index (κ3) is 4.72. The SMILES string of the molecule is CC1CC=C(c2ccc3sc(C4CCN(C5CC5)CC4)nc3c2)N(C(=O)OC(C)(C)C)C1. The Morgan fingerprint density at radius 1 is 1.16 bits per heavy atom. The molecule has 3 aliphatic rings. The highest BCUT2D eigenvalue weighted by Gasteiger charge is 2.33. The zero-order valence-corrected chi connectivity index (χ0v) is 20.6. The minimum absolute atomic E-state index is 0.267. The van der Waals surface area contributed by atoms with Crippen LogP contribution in [0.2, 0.25) is 0 Å². The number of carbonyl (C=O) groups excluding carboxylic acids is 1. The Labute approximate surface area is 195 Å². The number of nitrogens with zero attached hydrogens (tertiary/aromatic N) is 3. The average Bonchev–Trinajstić information content (AvgIpc) is 3.51. The molecule has 2 aromatic rings. The van der Waals surface area contributed by atoms with E-state index in [0.29, 0.717) is 18.4 Å². The first kappa shape index (κ1) is 21.9. The van der Waals surface area contributed by atoms with E-state index < -0.39 is 5.60 Å². The van der Waals surface area contributed by atoms with Gasteiger partial charge in [0.15, 0.2) is 0 Å². The molecular formula is C26H35N3O2S. The van der Waals surface area contributed by atoms with Crippen molar-refractivity contribution in [3.8, 4) is 0 Å². The van der Waals surface area contributed by atoms with Crippen LogP contribution in [0.1, 0.15) is 76.3 Å². The molecule has 1 unspecified atom stereocenters. The smallest absolute Gasteiger partial charge is 0.414 e. The summed E-state index contributed by atoms with van der Waals surface area (Å²) in [5.74, 6) is 1.00. The zero-order valence-electron chi connectivity index (χ0n) is 19.8. The lowest BCUT2D eigenvalue weighted by molar-refractivity contribution is 0.0327. The van der Waals surface area contributed by atoms with Crippen molar-refractivity contribution >= 4 is 33.3 Å². The maximum absolute atomic E-state index is 12.9. The van der Waals surface area contributed by atoms with Gasteiger partial charge in [-0.3, -0.25) is 4.90 Å². The summed E-state index contributed by atoms with van der Waals surface area (Å²) in [6.45, 7) is 11.0. The molecule has 0 N–H and O–H groups in total. The van der Waals surface area contributed by atoms with Crippen molar-refractivity contribution in [2.24, 2.45) is 5.92 Å². The van der Waals surface area contributed by atoms with E-state index in [9.17, 15) is 4.79 Å². The van der Waals surface area contributed by atoms with Crippen LogP contribution in [0, 0.1) is 5.92 Å². The second kappa shape index (κ2) is 8.45. The van der Waals surface area contributed by atoms with E-state index in [1.165, 1.54) is 48.5 Å². The van der Waals surface area contributed by atoms with Crippen molar-refractivity contribution < 1.29 is 9.53 Å². The van der Waals surface area contributed by atoms with E-state index in [4.69, 9.17) is 9.72 Å². The summed E-state index contributed by atoms with van der Waals surface area (Å²) in [6, 6.07) is 7.35. The van der Waals surface area contributed by atoms with Gasteiger partial charge in [-0.05, 0) is 84.0 Å². The number of ether oxygens (including phenoxy) is 1. The van der Waals surface area contributed by atoms with E-state index in [0.717, 1.165) is 29.2 Å². The van der Waals surface area contributed by atoms with Crippen LogP contribution in [0.25, 0.3) is 15.9 Å². The molecule has 6 heteroatoms. The number of allylic oxidation sites excluding steroid dienone is 1. The van der Waals surface area contributed by atoms with Crippen LogP contribution >= 0.6 is 11.3 Å². The van der Waals surface area contributed by atoms with Crippen LogP contribution in [-0.2, 0) is 4.74 Å². The van der Waals surface area contributed by atoms with Crippen LogP contribution < -0.4 is 0 Å². The van der Waals surface area contributed by atoms with Gasteiger partial charge in [0.2, 0.25) is 0 Å². The quantitative estimate of drug-likeness (QED) is 0.550. The highest BCUT2D eigenvalue weighted by molar-refractivity contribution is 7.18. The van der Waals surface area contributed by atoms with Gasteiger partial charge in [0, 0.05) is 24.1 Å². The van der Waals surface area contributed by atoms with Crippen molar-refractivity contribution in [3.05, 3.63) is 34.8 Å². The van der Waals surface area contributed by atoms with Crippen molar-refractivity contribution in [3.63, 3.8) is 0 Å². The summed E-state index contributed by atoms with van der Waals surface area (Å²) in [7, 11) is 0. The molecule has 2 aliphatic heterocycles. The molecule has 1 aliphatic carbocycles. The molecule has 1 amide bonds. The monoisotopic (exact) mass is 453 g/mol. The molecule has 3 heterocycles. The molecule has 1 atom stereocenters. The number of hydrogen-bond acceptors (Lipinski definition) is 5. The van der Waals surface area contributed by atoms with Gasteiger partial charge in [0.05, 0.1) is 20.9 Å². The first-order chi connectivity index (χ1) is 15.3. The lowest BCUT2D eigenvalue weighted by Gasteiger charge is -2.33. The molecule has 0 radical (unpaired) electrons. The number of aromatic nitrogens is 1. The number of benzene rings is 1. The number of likely N-dealkylation sites (tertiary alicyclic amines) is 1. The third-order valence-corrected chi connectivity index (χ3v) is 7.95. The van der Waals surface area contributed by atoms with Gasteiger partial charge < -0.3 is 9.64 Å². The summed E-state index contributed by atoms with van der Waals surface area (Å²) in [6.07, 6.45) is 8.11. The van der Waals surface area contributed by atoms with Gasteiger partial charge in [-0.1, -0.05) is 19.1 Å². The minimum atomic E-state index is -0.508. The van der Waals surface area contributed by atoms with Crippen LogP contribution in [0.4, 0.5) is 4.79 Å². The molecule has 5 nitrogen and oxygen atoms in total. The van der Waals surface area contributed by atoms with Crippen molar-refractivity contribution in [2.75, 3.05) is 19.6 Å². The minimum Gasteiger partial charge on any atom is -0.443 e. The molecule has 1 aromatic carbocycles. The molecule has 0 spiro atoms. The van der Waals surface area contributed by atoms with Gasteiger partial charge in [-0.25, -0.2) is 9.78 Å². The third-order valence-electron chi connectivity index (χ3n) is 6.75. The maximum atomic E-state index is 12.9. The van der Waals surface area contributed by atoms with Gasteiger partial charge in [0.1, 0.15) is 5.60 Å². The van der Waals surface area contributed by atoms with E-state index in [1.54, 1.807) is 0 Å². The van der Waals surface area contributed by atoms with Gasteiger partial charge in [-0.2, -0.15) is 0 Å². The highest BCUT2D eigenvalue weighted by Crippen LogP contribution is 2.38. The highest BCUT2D eigenvalue weighted by atomic mass is 32.1. The fourth-order valence-corrected chi connectivity index (χ4v) is 6.02. The second-order valence-electron chi connectivity index (χ2n) is 10.8. The van der Waals surface area contributed by atoms with Gasteiger partial charge in [0.25, 0.3) is 0 Å². The molecule has 0 bridgehead atoms. The molecule has 32 heavy (non-hydrogen) atoms. The number of piperidine rings is 1. The molecular weight excluding hydrogens is 418 g/mol. The predicted octanol–water partition coefficient (Wildman–Crippen LogP) is 6.26. The fraction of sp³-hybridized carbons (Fsp3) is 0.615. The van der Waals surface area contributed by atoms with E-state index in [-0.39, 0.29) is 6.09 Å². The standard InChI is InChI=1S/C26H35N3O2S/c1-17-5-9-22(29(16-17)25(30)31-26(2,3)4)19-6-10-23-21(15-19)27-24(32-23)18-11-13-28(14-12-18)20-7-8-20/h6,9-10,15,17-18,20H,5,7-8,11-14,16H2,1-4H3. The van der Waals surface area contributed by atoms with Crippen LogP contribution in [0.5, 0.6) is 0 Å². The number of amides is 1. The molecule has 172 valence electrons. The summed E-state index contributed by atoms with van der Waals surface area (Å²) in [4.78, 5) is 22.5. The van der Waals surface area contributed by atoms with E-state index in [2.05, 4.69) is 36.1 Å². The molecule has 1 saturated carbocycles. The average molecular weight is 454 g/mol. The van der Waals surface area contributed by atoms with Gasteiger partial charge in [-0.15, -0.1) is 11.3 Å². The largest absolute Gasteiger partial charge is 0.443 e. The normalized spacial score (nSPS) is 23.4. The first-order valence-corrected chi connectivity index (χ1v) is 12.9. The number of rotatable bonds is 3. The van der Waals surface area contributed by atoms with Crippen LogP contribution in [0.3, 0.4) is 0 Å². The number of thiazole rings is 1. The molecule has 5 rings (SSSR count). The number of hydrogen-bond donors (Lipinski definition) is 0. The Kier molecular flexibility index (Phi) is 5.79. The second-order valence-corrected chi connectivity index (χ2v) is 11.9. The van der Waals surface area contributed by atoms with E-state index in [1.807, 2.05) is 37.0 Å². The zero-order chi connectivity index (χ0) is 22.5. The molecule has 2 fully saturated rings. The lowest BCUT2D eigenvalue weighted by Crippen LogP contribution is -2.39. The van der Waals surface area contributed by atoms with Gasteiger partial charge >= 0.3 is 6.09 Å². The van der Waals surface area contributed by atoms with Crippen LogP contribution in [0.15, 0.2) is 24.3 Å². The first-order valence-electron chi connectivity index (χ1n) is 12.1. The number of carbonyl (C=O) groups is 1. The summed E-state index contributed by atoms with van der Waals surface area (Å²) in [5.41, 5.74) is 2.55. The number of fused-ring (bicyclic) bond motifs is 1. The van der Waals surface area contributed by atoms with Crippen LogP contribution in [-0.4, -0.2) is 52.2 Å². The summed E-state index contributed by atoms with van der Waals surface area (Å²) >= 11 is 1.85. The maximum Gasteiger partial charge on any atom is 0.414 e. The Balaban J connectivity index is 1.37. The van der Waals surface area contributed by atoms with Crippen molar-refractivity contribution in [2.45, 2.75) is 77.4 Å².